The molecule has 0 saturated heterocycles. The van der Waals surface area contributed by atoms with Crippen LogP contribution in [0.25, 0.3) is 0 Å². The van der Waals surface area contributed by atoms with E-state index in [1.807, 2.05) is 30.3 Å². The maximum absolute atomic E-state index is 6.44. The molecular formula is C77H56BrNO2. The molecule has 388 valence electrons. The summed E-state index contributed by atoms with van der Waals surface area (Å²) in [7, 11) is 0. The fourth-order valence-electron chi connectivity index (χ4n) is 13.1. The molecule has 0 radical (unpaired) electrons. The van der Waals surface area contributed by atoms with Crippen LogP contribution in [0.5, 0.6) is 23.0 Å². The Morgan fingerprint density at radius 2 is 0.593 bits per heavy atom. The first kappa shape index (κ1) is 49.8. The predicted octanol–water partition coefficient (Wildman–Crippen LogP) is 19.7. The molecule has 1 aliphatic carbocycles. The van der Waals surface area contributed by atoms with E-state index in [1.54, 1.807) is 0 Å². The average molecular weight is 1110 g/mol. The van der Waals surface area contributed by atoms with Gasteiger partial charge in [-0.05, 0) is 127 Å². The van der Waals surface area contributed by atoms with E-state index in [0.717, 1.165) is 52.4 Å². The normalized spacial score (nSPS) is 14.0. The average Bonchev–Trinajstić information content (AvgIpc) is 3.72. The second-order valence-corrected chi connectivity index (χ2v) is 22.1. The van der Waals surface area contributed by atoms with Crippen LogP contribution in [0.4, 0.5) is 17.1 Å². The largest absolute Gasteiger partial charge is 0.457 e. The summed E-state index contributed by atoms with van der Waals surface area (Å²) in [5.41, 5.74) is 21.0. The highest BCUT2D eigenvalue weighted by molar-refractivity contribution is 9.10. The lowest BCUT2D eigenvalue weighted by Crippen LogP contribution is -2.37. The Kier molecular flexibility index (Phi) is 13.1. The van der Waals surface area contributed by atoms with Crippen molar-refractivity contribution >= 4 is 33.0 Å². The highest BCUT2D eigenvalue weighted by atomic mass is 79.9. The quantitative estimate of drug-likeness (QED) is 0.171. The first-order chi connectivity index (χ1) is 40.1. The summed E-state index contributed by atoms with van der Waals surface area (Å²) < 4.78 is 13.3. The van der Waals surface area contributed by atoms with Gasteiger partial charge in [0, 0.05) is 29.1 Å². The molecule has 12 aromatic rings. The summed E-state index contributed by atoms with van der Waals surface area (Å²) in [6.45, 7) is 0. The minimum absolute atomic E-state index is 0.270. The molecule has 3 heterocycles. The van der Waals surface area contributed by atoms with Crippen molar-refractivity contribution in [2.24, 2.45) is 0 Å². The van der Waals surface area contributed by atoms with Crippen LogP contribution < -0.4 is 14.4 Å². The zero-order chi connectivity index (χ0) is 54.2. The summed E-state index contributed by atoms with van der Waals surface area (Å²) in [6, 6.07) is 109. The van der Waals surface area contributed by atoms with Gasteiger partial charge in [0.05, 0.1) is 22.2 Å². The molecule has 0 saturated carbocycles. The van der Waals surface area contributed by atoms with Crippen LogP contribution in [0.2, 0.25) is 0 Å². The molecular weight excluding hydrogens is 1050 g/mol. The number of benzene rings is 12. The Hall–Kier alpha value is -9.48. The third-order valence-corrected chi connectivity index (χ3v) is 17.1. The highest BCUT2D eigenvalue weighted by Crippen LogP contribution is 2.58. The van der Waals surface area contributed by atoms with Crippen LogP contribution in [-0.2, 0) is 30.1 Å². The number of nitrogens with zero attached hydrogens (tertiary/aromatic N) is 1. The molecule has 3 nitrogen and oxygen atoms in total. The van der Waals surface area contributed by atoms with Crippen molar-refractivity contribution in [3.8, 4) is 23.0 Å². The van der Waals surface area contributed by atoms with E-state index in [1.165, 1.54) is 89.3 Å². The first-order valence-corrected chi connectivity index (χ1v) is 28.7. The van der Waals surface area contributed by atoms with Crippen LogP contribution in [0.1, 0.15) is 77.9 Å². The Labute approximate surface area is 483 Å². The number of para-hydroxylation sites is 4. The van der Waals surface area contributed by atoms with Gasteiger partial charge in [0.1, 0.15) is 23.0 Å². The number of rotatable bonds is 5. The Morgan fingerprint density at radius 1 is 0.272 bits per heavy atom. The molecule has 12 aromatic carbocycles. The first-order valence-electron chi connectivity index (χ1n) is 27.9. The number of fused-ring (bicyclic) bond motifs is 8. The van der Waals surface area contributed by atoms with E-state index in [4.69, 9.17) is 9.47 Å². The summed E-state index contributed by atoms with van der Waals surface area (Å²) in [5, 5.41) is 0. The van der Waals surface area contributed by atoms with Crippen LogP contribution in [0.3, 0.4) is 0 Å². The topological polar surface area (TPSA) is 21.7 Å². The lowest BCUT2D eigenvalue weighted by atomic mass is 9.60. The minimum Gasteiger partial charge on any atom is -0.457 e. The molecule has 4 heteroatoms. The van der Waals surface area contributed by atoms with Crippen LogP contribution in [0, 0.1) is 0 Å². The second kappa shape index (κ2) is 21.3. The van der Waals surface area contributed by atoms with E-state index in [0.29, 0.717) is 0 Å². The van der Waals surface area contributed by atoms with E-state index in [2.05, 4.69) is 294 Å². The van der Waals surface area contributed by atoms with Gasteiger partial charge in [-0.15, -0.1) is 0 Å². The number of halogens is 1. The van der Waals surface area contributed by atoms with E-state index < -0.39 is 5.41 Å². The molecule has 81 heavy (non-hydrogen) atoms. The number of hydrogen-bond acceptors (Lipinski definition) is 3. The van der Waals surface area contributed by atoms with Gasteiger partial charge in [0.25, 0.3) is 0 Å². The van der Waals surface area contributed by atoms with Gasteiger partial charge >= 0.3 is 0 Å². The smallest absolute Gasteiger partial charge is 0.133 e. The number of hydrogen-bond donors (Lipinski definition) is 0. The fourth-order valence-corrected chi connectivity index (χ4v) is 13.5. The Balaban J connectivity index is 0.000000122. The van der Waals surface area contributed by atoms with E-state index in [9.17, 15) is 0 Å². The predicted molar refractivity (Wildman–Crippen MR) is 333 cm³/mol. The van der Waals surface area contributed by atoms with Crippen molar-refractivity contribution in [1.82, 2.24) is 0 Å². The molecule has 4 aliphatic rings. The van der Waals surface area contributed by atoms with Gasteiger partial charge < -0.3 is 14.4 Å². The Morgan fingerprint density at radius 3 is 1.05 bits per heavy atom. The Bertz CT molecular complexity index is 4060. The minimum atomic E-state index is -0.462. The monoisotopic (exact) mass is 1110 g/mol. The van der Waals surface area contributed by atoms with Gasteiger partial charge in [-0.2, -0.15) is 0 Å². The van der Waals surface area contributed by atoms with Crippen LogP contribution >= 0.6 is 15.9 Å². The van der Waals surface area contributed by atoms with Crippen molar-refractivity contribution in [1.29, 1.82) is 0 Å². The highest BCUT2D eigenvalue weighted by Gasteiger charge is 2.47. The third kappa shape index (κ3) is 8.75. The summed E-state index contributed by atoms with van der Waals surface area (Å²) in [5.74, 6) is 3.80. The second-order valence-electron chi connectivity index (χ2n) is 21.1. The van der Waals surface area contributed by atoms with E-state index >= 15 is 0 Å². The molecule has 0 aromatic heterocycles. The lowest BCUT2D eigenvalue weighted by molar-refractivity contribution is 0.459. The summed E-state index contributed by atoms with van der Waals surface area (Å²) in [4.78, 5) is 2.40. The van der Waals surface area contributed by atoms with Gasteiger partial charge in [-0.3, -0.25) is 0 Å². The zero-order valence-corrected chi connectivity index (χ0v) is 46.2. The fraction of sp³-hybridized carbons (Fsp3) is 0.0649. The SMILES string of the molecule is Brc1ccc2c(c1)Oc1ccccc1C2.c1ccc(C2(c3ccccc3)c3ccccc3Cc3ccccc32)cc1.c1ccc(C2(c3ccccc3)c3ccccc3N(c3ccc4c(c3)Oc3ccccc3C4)c3ccccc32)cc1. The van der Waals surface area contributed by atoms with Crippen molar-refractivity contribution in [3.05, 3.63) is 386 Å². The lowest BCUT2D eigenvalue weighted by Gasteiger charge is -2.46. The maximum atomic E-state index is 6.44. The standard InChI is InChI=1S/C38H27NO.C26H20.C13H9BrO/c1-3-14-29(15-4-1)38(30-16-5-2-6-17-30)32-18-8-10-20-34(32)39(35-21-11-9-19-33(35)38)31-24-23-28-25-27-13-7-12-22-36(27)40-37(28)26-31;1-3-13-22(14-4-1)26(23-15-5-2-6-16-23)24-17-9-7-11-20(24)19-21-12-8-10-18-25(21)26;14-11-6-5-10-7-9-3-1-2-4-12(9)15-13(10)8-11/h1-24,26H,25H2;1-18H,19H2;1-6,8H,7H2. The molecule has 0 N–H and O–H groups in total. The van der Waals surface area contributed by atoms with Gasteiger partial charge in [0.2, 0.25) is 0 Å². The van der Waals surface area contributed by atoms with Crippen molar-refractivity contribution in [3.63, 3.8) is 0 Å². The molecule has 16 rings (SSSR count). The number of ether oxygens (including phenoxy) is 2. The van der Waals surface area contributed by atoms with Crippen molar-refractivity contribution in [2.75, 3.05) is 4.90 Å². The molecule has 0 fully saturated rings. The number of anilines is 3. The van der Waals surface area contributed by atoms with Gasteiger partial charge in [-0.1, -0.05) is 271 Å². The van der Waals surface area contributed by atoms with Crippen molar-refractivity contribution < 1.29 is 9.47 Å². The van der Waals surface area contributed by atoms with E-state index in [-0.39, 0.29) is 5.41 Å². The van der Waals surface area contributed by atoms with Gasteiger partial charge in [-0.25, -0.2) is 0 Å². The molecule has 0 unspecified atom stereocenters. The third-order valence-electron chi connectivity index (χ3n) is 16.6. The molecule has 3 aliphatic heterocycles. The summed E-state index contributed by atoms with van der Waals surface area (Å²) >= 11 is 3.45. The van der Waals surface area contributed by atoms with Crippen molar-refractivity contribution in [2.45, 2.75) is 30.1 Å². The molecule has 0 amide bonds. The summed E-state index contributed by atoms with van der Waals surface area (Å²) in [6.07, 6.45) is 2.83. The van der Waals surface area contributed by atoms with Crippen LogP contribution in [0.15, 0.2) is 308 Å². The zero-order valence-electron chi connectivity index (χ0n) is 44.6. The molecule has 0 atom stereocenters. The molecule has 0 spiro atoms. The molecule has 0 bridgehead atoms. The van der Waals surface area contributed by atoms with Crippen LogP contribution in [-0.4, -0.2) is 0 Å². The maximum Gasteiger partial charge on any atom is 0.133 e. The van der Waals surface area contributed by atoms with Gasteiger partial charge in [0.15, 0.2) is 0 Å².